The molecule has 6 atom stereocenters. The maximum atomic E-state index is 11.9. The van der Waals surface area contributed by atoms with Crippen molar-refractivity contribution in [1.29, 1.82) is 0 Å². The average Bonchev–Trinajstić information content (AvgIpc) is 3.08. The van der Waals surface area contributed by atoms with Crippen molar-refractivity contribution in [2.45, 2.75) is 66.1 Å². The summed E-state index contributed by atoms with van der Waals surface area (Å²) in [5.74, 6) is 1.90. The van der Waals surface area contributed by atoms with Gasteiger partial charge in [0.1, 0.15) is 0 Å². The van der Waals surface area contributed by atoms with E-state index in [0.717, 1.165) is 24.8 Å². The van der Waals surface area contributed by atoms with Crippen LogP contribution in [-0.4, -0.2) is 18.9 Å². The third-order valence-electron chi connectivity index (χ3n) is 7.49. The molecule has 3 nitrogen and oxygen atoms in total. The molecule has 0 N–H and O–H groups in total. The predicted molar refractivity (Wildman–Crippen MR) is 99.8 cm³/mol. The summed E-state index contributed by atoms with van der Waals surface area (Å²) in [5.41, 5.74) is 1.33. The van der Waals surface area contributed by atoms with Crippen LogP contribution in [0.4, 0.5) is 0 Å². The third kappa shape index (κ3) is 2.99. The lowest BCUT2D eigenvalue weighted by molar-refractivity contribution is -0.208. The van der Waals surface area contributed by atoms with Gasteiger partial charge >= 0.3 is 5.97 Å². The fourth-order valence-corrected chi connectivity index (χ4v) is 5.45. The summed E-state index contributed by atoms with van der Waals surface area (Å²) in [6, 6.07) is 0. The van der Waals surface area contributed by atoms with Gasteiger partial charge in [-0.05, 0) is 54.3 Å². The average molecular weight is 347 g/mol. The summed E-state index contributed by atoms with van der Waals surface area (Å²) in [5, 5.41) is 0. The van der Waals surface area contributed by atoms with E-state index in [2.05, 4.69) is 46.8 Å². The van der Waals surface area contributed by atoms with E-state index >= 15 is 0 Å². The summed E-state index contributed by atoms with van der Waals surface area (Å²) in [7, 11) is 1.67. The van der Waals surface area contributed by atoms with Gasteiger partial charge in [0.25, 0.3) is 0 Å². The summed E-state index contributed by atoms with van der Waals surface area (Å²) in [6.45, 7) is 11.6. The van der Waals surface area contributed by atoms with E-state index in [4.69, 9.17) is 9.47 Å². The maximum absolute atomic E-state index is 11.9. The molecule has 2 saturated carbocycles. The number of hydrogen-bond donors (Lipinski definition) is 0. The third-order valence-corrected chi connectivity index (χ3v) is 7.49. The van der Waals surface area contributed by atoms with Crippen LogP contribution in [0, 0.1) is 35.0 Å². The molecule has 0 bridgehead atoms. The molecule has 0 aromatic heterocycles. The summed E-state index contributed by atoms with van der Waals surface area (Å²) >= 11 is 0. The highest BCUT2D eigenvalue weighted by Crippen LogP contribution is 2.63. The molecular weight excluding hydrogens is 312 g/mol. The Morgan fingerprint density at radius 2 is 1.92 bits per heavy atom. The monoisotopic (exact) mass is 346 g/mol. The fraction of sp³-hybridized carbons (Fsp3) is 0.773. The molecule has 2 fully saturated rings. The second kappa shape index (κ2) is 6.57. The zero-order chi connectivity index (χ0) is 18.4. The second-order valence-electron chi connectivity index (χ2n) is 9.07. The Bertz CT molecular complexity index is 590. The van der Waals surface area contributed by atoms with Crippen LogP contribution in [0.3, 0.4) is 0 Å². The zero-order valence-corrected chi connectivity index (χ0v) is 16.7. The Kier molecular flexibility index (Phi) is 4.91. The molecule has 0 aromatic carbocycles. The minimum Gasteiger partial charge on any atom is -0.426 e. The molecule has 0 amide bonds. The summed E-state index contributed by atoms with van der Waals surface area (Å²) in [6.07, 6.45) is 10.7. The first-order valence-electron chi connectivity index (χ1n) is 9.92. The first kappa shape index (κ1) is 18.7. The minimum atomic E-state index is -0.776. The van der Waals surface area contributed by atoms with Gasteiger partial charge < -0.3 is 9.47 Å². The lowest BCUT2D eigenvalue weighted by Gasteiger charge is -2.48. The van der Waals surface area contributed by atoms with Gasteiger partial charge in [0.05, 0.1) is 0 Å². The van der Waals surface area contributed by atoms with Gasteiger partial charge in [-0.1, -0.05) is 46.8 Å². The van der Waals surface area contributed by atoms with E-state index in [9.17, 15) is 4.79 Å². The van der Waals surface area contributed by atoms with Crippen molar-refractivity contribution in [1.82, 2.24) is 0 Å². The normalized spacial score (nSPS) is 40.0. The minimum absolute atomic E-state index is 0.229. The molecule has 0 saturated heterocycles. The highest BCUT2D eigenvalue weighted by Gasteiger charge is 2.60. The quantitative estimate of drug-likeness (QED) is 0.512. The van der Waals surface area contributed by atoms with Crippen LogP contribution in [0.2, 0.25) is 0 Å². The van der Waals surface area contributed by atoms with E-state index in [1.807, 2.05) is 0 Å². The van der Waals surface area contributed by atoms with E-state index in [1.165, 1.54) is 6.42 Å². The van der Waals surface area contributed by atoms with Crippen LogP contribution in [0.25, 0.3) is 0 Å². The first-order chi connectivity index (χ1) is 11.7. The molecule has 140 valence electrons. The van der Waals surface area contributed by atoms with Crippen molar-refractivity contribution in [3.05, 3.63) is 23.8 Å². The van der Waals surface area contributed by atoms with E-state index < -0.39 is 5.79 Å². The number of ether oxygens (including phenoxy) is 2. The van der Waals surface area contributed by atoms with Crippen LogP contribution in [0.5, 0.6) is 0 Å². The van der Waals surface area contributed by atoms with E-state index in [-0.39, 0.29) is 11.4 Å². The highest BCUT2D eigenvalue weighted by molar-refractivity contribution is 5.86. The smallest absolute Gasteiger partial charge is 0.333 e. The number of methoxy groups -OCH3 is 1. The number of rotatable bonds is 5. The molecule has 1 aliphatic heterocycles. The van der Waals surface area contributed by atoms with E-state index in [1.54, 1.807) is 13.2 Å². The molecule has 0 aromatic rings. The van der Waals surface area contributed by atoms with Gasteiger partial charge in [0.15, 0.2) is 0 Å². The molecule has 3 aliphatic rings. The van der Waals surface area contributed by atoms with Gasteiger partial charge in [-0.3, -0.25) is 0 Å². The molecule has 0 spiro atoms. The van der Waals surface area contributed by atoms with Crippen molar-refractivity contribution < 1.29 is 14.3 Å². The Morgan fingerprint density at radius 3 is 2.56 bits per heavy atom. The lowest BCUT2D eigenvalue weighted by Crippen LogP contribution is -2.47. The number of hydrogen-bond acceptors (Lipinski definition) is 3. The molecule has 3 rings (SSSR count). The SMILES string of the molecule is COC12CCC3(C)C(CCC3C(C)/C=C/C(C)C(C)C)C1=CC(=O)O2. The zero-order valence-electron chi connectivity index (χ0n) is 16.7. The largest absolute Gasteiger partial charge is 0.426 e. The number of allylic oxidation sites excluding steroid dienone is 2. The van der Waals surface area contributed by atoms with Gasteiger partial charge in [-0.2, -0.15) is 0 Å². The fourth-order valence-electron chi connectivity index (χ4n) is 5.45. The first-order valence-corrected chi connectivity index (χ1v) is 9.92. The van der Waals surface area contributed by atoms with Gasteiger partial charge in [0, 0.05) is 25.2 Å². The van der Waals surface area contributed by atoms with Crippen LogP contribution < -0.4 is 0 Å². The molecular formula is C22H34O3. The summed E-state index contributed by atoms with van der Waals surface area (Å²) in [4.78, 5) is 11.9. The molecule has 6 unspecified atom stereocenters. The van der Waals surface area contributed by atoms with Crippen molar-refractivity contribution in [2.75, 3.05) is 7.11 Å². The second-order valence-corrected chi connectivity index (χ2v) is 9.07. The topological polar surface area (TPSA) is 35.5 Å². The van der Waals surface area contributed by atoms with E-state index in [0.29, 0.717) is 29.6 Å². The number of esters is 1. The van der Waals surface area contributed by atoms with Crippen molar-refractivity contribution in [2.24, 2.45) is 35.0 Å². The molecule has 1 heterocycles. The number of carbonyl (C=O) groups is 1. The molecule has 25 heavy (non-hydrogen) atoms. The Hall–Kier alpha value is -1.09. The molecule has 2 aliphatic carbocycles. The maximum Gasteiger partial charge on any atom is 0.333 e. The lowest BCUT2D eigenvalue weighted by atomic mass is 9.60. The Morgan fingerprint density at radius 1 is 1.20 bits per heavy atom. The van der Waals surface area contributed by atoms with Crippen molar-refractivity contribution in [3.8, 4) is 0 Å². The number of fused-ring (bicyclic) bond motifs is 3. The van der Waals surface area contributed by atoms with Crippen molar-refractivity contribution in [3.63, 3.8) is 0 Å². The van der Waals surface area contributed by atoms with Crippen LogP contribution >= 0.6 is 0 Å². The Labute approximate surface area is 152 Å². The standard InChI is InChI=1S/C22H34O3/c1-14(2)15(3)7-8-16(4)17-9-10-18-19-13-20(23)25-22(19,24-6)12-11-21(17,18)5/h7-8,13-18H,9-12H2,1-6H3/b8-7+. The van der Waals surface area contributed by atoms with Crippen LogP contribution in [-0.2, 0) is 14.3 Å². The molecule has 3 heteroatoms. The van der Waals surface area contributed by atoms with Gasteiger partial charge in [-0.15, -0.1) is 0 Å². The van der Waals surface area contributed by atoms with Crippen LogP contribution in [0.1, 0.15) is 60.3 Å². The van der Waals surface area contributed by atoms with Gasteiger partial charge in [0.2, 0.25) is 5.79 Å². The highest BCUT2D eigenvalue weighted by atomic mass is 16.7. The summed E-state index contributed by atoms with van der Waals surface area (Å²) < 4.78 is 11.3. The predicted octanol–water partition coefficient (Wildman–Crippen LogP) is 5.12. The van der Waals surface area contributed by atoms with Crippen molar-refractivity contribution >= 4 is 5.97 Å². The molecule has 0 radical (unpaired) electrons. The van der Waals surface area contributed by atoms with Crippen LogP contribution in [0.15, 0.2) is 23.8 Å². The number of carbonyl (C=O) groups excluding carboxylic acids is 1. The Balaban J connectivity index is 1.81. The van der Waals surface area contributed by atoms with Gasteiger partial charge in [-0.25, -0.2) is 4.79 Å².